The van der Waals surface area contributed by atoms with Crippen LogP contribution >= 0.6 is 7.82 Å². The molecule has 0 radical (unpaired) electrons. The topological polar surface area (TPSA) is 119 Å². The molecule has 0 aliphatic heterocycles. The molecule has 0 amide bonds. The molecule has 0 aromatic rings. The fraction of sp³-hybridized carbons (Fsp3) is 0.900. The van der Waals surface area contributed by atoms with Crippen LogP contribution in [-0.4, -0.2) is 22.6 Å². The van der Waals surface area contributed by atoms with E-state index in [1.54, 1.807) is 0 Å². The Labute approximate surface area is 153 Å². The van der Waals surface area contributed by atoms with E-state index in [9.17, 15) is 4.57 Å². The Kier molecular flexibility index (Phi) is 22.9. The minimum Gasteiger partial charge on any atom is -0.343 e. The maximum absolute atomic E-state index is 10.3. The van der Waals surface area contributed by atoms with Gasteiger partial charge >= 0.3 is 59.2 Å². The van der Waals surface area contributed by atoms with Crippen molar-refractivity contribution in [3.8, 4) is 0 Å². The van der Waals surface area contributed by atoms with Gasteiger partial charge in [-0.3, -0.25) is 4.52 Å². The van der Waals surface area contributed by atoms with Crippen molar-refractivity contribution in [1.82, 2.24) is 0 Å². The second-order valence-corrected chi connectivity index (χ2v) is 4.82. The predicted octanol–water partition coefficient (Wildman–Crippen LogP) is -1.48. The third-order valence-corrected chi connectivity index (χ3v) is 2.36. The first-order chi connectivity index (χ1) is 7.87. The number of phosphoric acid groups is 1. The zero-order valence-electron chi connectivity index (χ0n) is 11.5. The minimum absolute atomic E-state index is 0. The van der Waals surface area contributed by atoms with Crippen molar-refractivity contribution in [2.24, 2.45) is 11.5 Å². The average molecular weight is 308 g/mol. The van der Waals surface area contributed by atoms with E-state index < -0.39 is 14.1 Å². The predicted molar refractivity (Wildman–Crippen MR) is 68.9 cm³/mol. The van der Waals surface area contributed by atoms with Crippen LogP contribution in [0, 0.1) is 6.92 Å². The number of unbranched alkanes of at least 4 members (excludes halogenated alkanes) is 3. The van der Waals surface area contributed by atoms with Gasteiger partial charge < -0.3 is 28.2 Å². The molecule has 0 aromatic heterocycles. The van der Waals surface area contributed by atoms with Gasteiger partial charge in [-0.15, -0.1) is 0 Å². The molecule has 106 valence electrons. The zero-order chi connectivity index (χ0) is 13.7. The van der Waals surface area contributed by atoms with Crippen LogP contribution < -0.4 is 62.9 Å². The third-order valence-electron chi connectivity index (χ3n) is 1.82. The Morgan fingerprint density at radius 3 is 2.17 bits per heavy atom. The van der Waals surface area contributed by atoms with Gasteiger partial charge in [-0.1, -0.05) is 19.8 Å². The van der Waals surface area contributed by atoms with Crippen LogP contribution in [0.4, 0.5) is 0 Å². The Morgan fingerprint density at radius 2 is 1.83 bits per heavy atom. The van der Waals surface area contributed by atoms with Crippen LogP contribution in [0.5, 0.6) is 0 Å². The molecule has 1 atom stereocenters. The first-order valence-electron chi connectivity index (χ1n) is 5.86. The Bertz CT molecular complexity index is 202. The standard InChI is InChI=1S/C6H17N2O4P.C4H9.K/c7-5-3-1-2-4-6(8)12-13(9,10)11;1-3-4-2;/h6H,1-5,7-8H2,(H2,9,10,11);1,3-4H2,2H3;/q;-1;+1. The van der Waals surface area contributed by atoms with Crippen LogP contribution in [0.3, 0.4) is 0 Å². The molecule has 6 N–H and O–H groups in total. The smallest absolute Gasteiger partial charge is 0.343 e. The summed E-state index contributed by atoms with van der Waals surface area (Å²) in [5.74, 6) is 0. The number of rotatable bonds is 8. The summed E-state index contributed by atoms with van der Waals surface area (Å²) < 4.78 is 14.5. The van der Waals surface area contributed by atoms with Crippen molar-refractivity contribution < 1.29 is 70.3 Å². The molecule has 0 fully saturated rings. The summed E-state index contributed by atoms with van der Waals surface area (Å²) in [6.45, 7) is 6.34. The van der Waals surface area contributed by atoms with Crippen LogP contribution in [0.2, 0.25) is 0 Å². The molecule has 0 spiro atoms. The quantitative estimate of drug-likeness (QED) is 0.143. The summed E-state index contributed by atoms with van der Waals surface area (Å²) in [5, 5.41) is 0. The van der Waals surface area contributed by atoms with Crippen LogP contribution in [0.25, 0.3) is 0 Å². The Balaban J connectivity index is -0.000000392. The largest absolute Gasteiger partial charge is 1.00 e. The molecule has 0 bridgehead atoms. The van der Waals surface area contributed by atoms with Gasteiger partial charge in [0.25, 0.3) is 0 Å². The van der Waals surface area contributed by atoms with Crippen LogP contribution in [0.15, 0.2) is 0 Å². The summed E-state index contributed by atoms with van der Waals surface area (Å²) in [5.41, 5.74) is 10.6. The SMILES string of the molecule is NCCCCCC(N)OP(=O)(O)O.[CH2-]CCC.[K+]. The number of phosphoric ester groups is 1. The summed E-state index contributed by atoms with van der Waals surface area (Å²) >= 11 is 0. The molecule has 0 aromatic carbocycles. The summed E-state index contributed by atoms with van der Waals surface area (Å²) in [6, 6.07) is 0. The van der Waals surface area contributed by atoms with E-state index in [0.29, 0.717) is 13.0 Å². The summed E-state index contributed by atoms with van der Waals surface area (Å²) in [6.07, 6.45) is 4.37. The van der Waals surface area contributed by atoms with E-state index in [1.165, 1.54) is 6.42 Å². The Hall–Kier alpha value is 1.67. The van der Waals surface area contributed by atoms with Gasteiger partial charge in [-0.05, 0) is 25.8 Å². The molecular weight excluding hydrogens is 282 g/mol. The minimum atomic E-state index is -4.43. The average Bonchev–Trinajstić information content (AvgIpc) is 2.22. The van der Waals surface area contributed by atoms with Gasteiger partial charge in [0.1, 0.15) is 6.23 Å². The molecule has 6 nitrogen and oxygen atoms in total. The maximum Gasteiger partial charge on any atom is 1.00 e. The van der Waals surface area contributed by atoms with Crippen molar-refractivity contribution in [2.75, 3.05) is 6.54 Å². The normalized spacial score (nSPS) is 12.1. The number of hydrogen-bond donors (Lipinski definition) is 4. The zero-order valence-corrected chi connectivity index (χ0v) is 15.6. The van der Waals surface area contributed by atoms with E-state index in [0.717, 1.165) is 25.7 Å². The van der Waals surface area contributed by atoms with Gasteiger partial charge in [0, 0.05) is 0 Å². The van der Waals surface area contributed by atoms with E-state index >= 15 is 0 Å². The fourth-order valence-electron chi connectivity index (χ4n) is 0.896. The van der Waals surface area contributed by atoms with Crippen LogP contribution in [0.1, 0.15) is 45.4 Å². The maximum atomic E-state index is 10.3. The molecule has 1 unspecified atom stereocenters. The molecule has 0 heterocycles. The summed E-state index contributed by atoms with van der Waals surface area (Å²) in [4.78, 5) is 16.8. The molecule has 0 aliphatic carbocycles. The second kappa shape index (κ2) is 16.7. The number of hydrogen-bond acceptors (Lipinski definition) is 4. The molecule has 18 heavy (non-hydrogen) atoms. The Morgan fingerprint density at radius 1 is 1.33 bits per heavy atom. The molecule has 0 aliphatic rings. The van der Waals surface area contributed by atoms with E-state index in [4.69, 9.17) is 21.3 Å². The van der Waals surface area contributed by atoms with Gasteiger partial charge in [-0.2, -0.15) is 6.42 Å². The molecule has 0 saturated heterocycles. The molecule has 8 heteroatoms. The molecule has 0 saturated carbocycles. The van der Waals surface area contributed by atoms with Crippen molar-refractivity contribution in [3.05, 3.63) is 6.92 Å². The van der Waals surface area contributed by atoms with Gasteiger partial charge in [0.2, 0.25) is 0 Å². The van der Waals surface area contributed by atoms with Gasteiger partial charge in [-0.25, -0.2) is 4.57 Å². The molecule has 0 rings (SSSR count). The third kappa shape index (κ3) is 26.3. The van der Waals surface area contributed by atoms with Gasteiger partial charge in [0.15, 0.2) is 0 Å². The van der Waals surface area contributed by atoms with Crippen LogP contribution in [-0.2, 0) is 9.09 Å². The first-order valence-corrected chi connectivity index (χ1v) is 7.39. The van der Waals surface area contributed by atoms with Crippen molar-refractivity contribution in [2.45, 2.75) is 51.7 Å². The van der Waals surface area contributed by atoms with Crippen molar-refractivity contribution in [1.29, 1.82) is 0 Å². The van der Waals surface area contributed by atoms with E-state index in [2.05, 4.69) is 18.4 Å². The fourth-order valence-corrected chi connectivity index (χ4v) is 1.35. The van der Waals surface area contributed by atoms with E-state index in [1.807, 2.05) is 0 Å². The molecular formula is C10H26KN2O4P. The number of nitrogens with two attached hydrogens (primary N) is 2. The van der Waals surface area contributed by atoms with Crippen molar-refractivity contribution >= 4 is 7.82 Å². The van der Waals surface area contributed by atoms with E-state index in [-0.39, 0.29) is 51.4 Å². The van der Waals surface area contributed by atoms with Gasteiger partial charge in [0.05, 0.1) is 0 Å². The van der Waals surface area contributed by atoms with Crippen molar-refractivity contribution in [3.63, 3.8) is 0 Å². The second-order valence-electron chi connectivity index (χ2n) is 3.63. The monoisotopic (exact) mass is 308 g/mol. The first kappa shape index (κ1) is 24.7. The summed E-state index contributed by atoms with van der Waals surface area (Å²) in [7, 11) is -4.43.